The van der Waals surface area contributed by atoms with E-state index >= 15 is 0 Å². The number of aromatic nitrogens is 2. The van der Waals surface area contributed by atoms with E-state index in [1.807, 2.05) is 36.7 Å². The van der Waals surface area contributed by atoms with Crippen molar-refractivity contribution in [1.29, 1.82) is 0 Å². The lowest BCUT2D eigenvalue weighted by Crippen LogP contribution is -2.05. The van der Waals surface area contributed by atoms with Gasteiger partial charge in [0.15, 0.2) is 5.78 Å². The van der Waals surface area contributed by atoms with Crippen LogP contribution in [0.2, 0.25) is 0 Å². The van der Waals surface area contributed by atoms with Crippen molar-refractivity contribution in [1.82, 2.24) is 9.55 Å². The molecule has 0 N–H and O–H groups in total. The summed E-state index contributed by atoms with van der Waals surface area (Å²) in [4.78, 5) is 15.8. The van der Waals surface area contributed by atoms with E-state index in [0.29, 0.717) is 24.3 Å². The summed E-state index contributed by atoms with van der Waals surface area (Å²) >= 11 is 0. The van der Waals surface area contributed by atoms with Gasteiger partial charge in [0.2, 0.25) is 0 Å². The number of carbonyl (C=O) groups is 1. The van der Waals surface area contributed by atoms with E-state index in [0.717, 1.165) is 5.69 Å². The van der Waals surface area contributed by atoms with E-state index in [9.17, 15) is 4.79 Å². The zero-order valence-corrected chi connectivity index (χ0v) is 10.6. The average molecular weight is 244 g/mol. The van der Waals surface area contributed by atoms with Gasteiger partial charge >= 0.3 is 0 Å². The lowest BCUT2D eigenvalue weighted by molar-refractivity contribution is 0.0983. The zero-order chi connectivity index (χ0) is 13.0. The summed E-state index contributed by atoms with van der Waals surface area (Å²) in [5.41, 5.74) is 1.61. The van der Waals surface area contributed by atoms with Crippen LogP contribution in [0, 0.1) is 0 Å². The molecule has 0 saturated carbocycles. The minimum Gasteiger partial charge on any atom is -0.487 e. The van der Waals surface area contributed by atoms with Gasteiger partial charge in [-0.05, 0) is 12.1 Å². The van der Waals surface area contributed by atoms with Gasteiger partial charge in [0.25, 0.3) is 0 Å². The second-order valence-corrected chi connectivity index (χ2v) is 4.06. The third-order valence-corrected chi connectivity index (χ3v) is 2.80. The third-order valence-electron chi connectivity index (χ3n) is 2.80. The molecule has 94 valence electrons. The number of imidazole rings is 1. The molecule has 0 atom stereocenters. The molecule has 0 radical (unpaired) electrons. The Morgan fingerprint density at radius 3 is 2.83 bits per heavy atom. The highest BCUT2D eigenvalue weighted by Gasteiger charge is 2.10. The molecule has 0 aliphatic rings. The maximum atomic E-state index is 11.8. The number of hydrogen-bond acceptors (Lipinski definition) is 3. The smallest absolute Gasteiger partial charge is 0.166 e. The van der Waals surface area contributed by atoms with Crippen LogP contribution in [0.4, 0.5) is 0 Å². The fraction of sp³-hybridized carbons (Fsp3) is 0.286. The fourth-order valence-electron chi connectivity index (χ4n) is 1.69. The zero-order valence-electron chi connectivity index (χ0n) is 10.6. The number of Topliss-reactive ketones (excluding diaryl/α,β-unsaturated/α-hetero) is 1. The molecule has 1 aromatic heterocycles. The minimum absolute atomic E-state index is 0.0932. The predicted molar refractivity (Wildman–Crippen MR) is 68.6 cm³/mol. The molecule has 0 spiro atoms. The Labute approximate surface area is 106 Å². The molecule has 18 heavy (non-hydrogen) atoms. The van der Waals surface area contributed by atoms with Gasteiger partial charge in [0.1, 0.15) is 12.4 Å². The quantitative estimate of drug-likeness (QED) is 0.759. The number of ketones is 1. The van der Waals surface area contributed by atoms with Crippen molar-refractivity contribution < 1.29 is 9.53 Å². The molecule has 1 heterocycles. The van der Waals surface area contributed by atoms with Crippen LogP contribution < -0.4 is 4.74 Å². The lowest BCUT2D eigenvalue weighted by atomic mass is 10.1. The Kier molecular flexibility index (Phi) is 3.77. The molecule has 0 aliphatic heterocycles. The van der Waals surface area contributed by atoms with Crippen LogP contribution in [0.15, 0.2) is 36.8 Å². The largest absolute Gasteiger partial charge is 0.487 e. The number of nitrogens with zero attached hydrogens (tertiary/aromatic N) is 2. The molecule has 0 amide bonds. The summed E-state index contributed by atoms with van der Waals surface area (Å²) in [5, 5.41) is 0. The van der Waals surface area contributed by atoms with Crippen molar-refractivity contribution in [3.8, 4) is 5.75 Å². The van der Waals surface area contributed by atoms with Crippen molar-refractivity contribution in [3.63, 3.8) is 0 Å². The summed E-state index contributed by atoms with van der Waals surface area (Å²) in [7, 11) is 1.91. The number of aryl methyl sites for hydroxylation is 1. The highest BCUT2D eigenvalue weighted by Crippen LogP contribution is 2.20. The fourth-order valence-corrected chi connectivity index (χ4v) is 1.69. The Balaban J connectivity index is 2.14. The molecular weight excluding hydrogens is 228 g/mol. The first-order valence-corrected chi connectivity index (χ1v) is 5.92. The van der Waals surface area contributed by atoms with Crippen molar-refractivity contribution in [2.24, 2.45) is 7.05 Å². The maximum Gasteiger partial charge on any atom is 0.166 e. The van der Waals surface area contributed by atoms with Gasteiger partial charge in [0, 0.05) is 13.5 Å². The number of benzene rings is 1. The normalized spacial score (nSPS) is 10.3. The lowest BCUT2D eigenvalue weighted by Gasteiger charge is -2.10. The van der Waals surface area contributed by atoms with Crippen LogP contribution in [-0.4, -0.2) is 15.3 Å². The second-order valence-electron chi connectivity index (χ2n) is 4.06. The molecule has 4 heteroatoms. The summed E-state index contributed by atoms with van der Waals surface area (Å²) in [6, 6.07) is 7.33. The van der Waals surface area contributed by atoms with Gasteiger partial charge in [-0.25, -0.2) is 4.98 Å². The first-order valence-electron chi connectivity index (χ1n) is 5.92. The summed E-state index contributed by atoms with van der Waals surface area (Å²) in [6.45, 7) is 2.25. The van der Waals surface area contributed by atoms with Crippen molar-refractivity contribution >= 4 is 5.78 Å². The van der Waals surface area contributed by atoms with Crippen LogP contribution in [0.25, 0.3) is 0 Å². The Morgan fingerprint density at radius 2 is 2.17 bits per heavy atom. The number of carbonyl (C=O) groups excluding carboxylic acids is 1. The molecule has 4 nitrogen and oxygen atoms in total. The first kappa shape index (κ1) is 12.4. The molecular formula is C14H16N2O2. The Morgan fingerprint density at radius 1 is 1.39 bits per heavy atom. The molecule has 0 unspecified atom stereocenters. The second kappa shape index (κ2) is 5.49. The van der Waals surface area contributed by atoms with E-state index < -0.39 is 0 Å². The average Bonchev–Trinajstić information content (AvgIpc) is 2.81. The van der Waals surface area contributed by atoms with Gasteiger partial charge in [-0.1, -0.05) is 19.1 Å². The van der Waals surface area contributed by atoms with Crippen LogP contribution in [0.5, 0.6) is 5.75 Å². The van der Waals surface area contributed by atoms with Gasteiger partial charge in [0.05, 0.1) is 23.8 Å². The van der Waals surface area contributed by atoms with Gasteiger partial charge in [-0.3, -0.25) is 4.79 Å². The van der Waals surface area contributed by atoms with E-state index in [1.54, 1.807) is 18.6 Å². The molecule has 0 saturated heterocycles. The standard InChI is InChI=1S/C14H16N2O2/c1-3-13(17)12-6-4-5-7-14(12)18-9-11-8-15-10-16(11)2/h4-8,10H,3,9H2,1-2H3. The van der Waals surface area contributed by atoms with Crippen molar-refractivity contribution in [3.05, 3.63) is 48.0 Å². The highest BCUT2D eigenvalue weighted by molar-refractivity contribution is 5.98. The number of ether oxygens (including phenoxy) is 1. The molecule has 0 aliphatic carbocycles. The minimum atomic E-state index is 0.0932. The van der Waals surface area contributed by atoms with Gasteiger partial charge in [-0.15, -0.1) is 0 Å². The summed E-state index contributed by atoms with van der Waals surface area (Å²) < 4.78 is 7.60. The number of para-hydroxylation sites is 1. The summed E-state index contributed by atoms with van der Waals surface area (Å²) in [5.74, 6) is 0.723. The van der Waals surface area contributed by atoms with Crippen LogP contribution in [-0.2, 0) is 13.7 Å². The first-order chi connectivity index (χ1) is 8.72. The Bertz CT molecular complexity index is 546. The molecule has 1 aromatic carbocycles. The predicted octanol–water partition coefficient (Wildman–Crippen LogP) is 2.59. The summed E-state index contributed by atoms with van der Waals surface area (Å²) in [6.07, 6.45) is 3.96. The van der Waals surface area contributed by atoms with Crippen LogP contribution in [0.1, 0.15) is 29.4 Å². The highest BCUT2D eigenvalue weighted by atomic mass is 16.5. The van der Waals surface area contributed by atoms with E-state index in [4.69, 9.17) is 4.74 Å². The van der Waals surface area contributed by atoms with E-state index in [1.165, 1.54) is 0 Å². The molecule has 0 bridgehead atoms. The van der Waals surface area contributed by atoms with Crippen LogP contribution in [0.3, 0.4) is 0 Å². The topological polar surface area (TPSA) is 44.1 Å². The van der Waals surface area contributed by atoms with Crippen molar-refractivity contribution in [2.75, 3.05) is 0 Å². The number of rotatable bonds is 5. The maximum absolute atomic E-state index is 11.8. The SMILES string of the molecule is CCC(=O)c1ccccc1OCc1cncn1C. The molecule has 2 aromatic rings. The molecule has 0 fully saturated rings. The number of hydrogen-bond donors (Lipinski definition) is 0. The Hall–Kier alpha value is -2.10. The monoisotopic (exact) mass is 244 g/mol. The van der Waals surface area contributed by atoms with Gasteiger partial charge < -0.3 is 9.30 Å². The molecule has 2 rings (SSSR count). The van der Waals surface area contributed by atoms with E-state index in [2.05, 4.69) is 4.98 Å². The van der Waals surface area contributed by atoms with Crippen LogP contribution >= 0.6 is 0 Å². The van der Waals surface area contributed by atoms with Gasteiger partial charge in [-0.2, -0.15) is 0 Å². The van der Waals surface area contributed by atoms with E-state index in [-0.39, 0.29) is 5.78 Å². The van der Waals surface area contributed by atoms with Crippen molar-refractivity contribution in [2.45, 2.75) is 20.0 Å². The third kappa shape index (κ3) is 2.59.